The number of fused-ring (bicyclic) bond motifs is 1. The SMILES string of the molecule is COCC(C)n1cc(C)c2nc(OS(=O)(=O)C(F)(F)F)c(Cl)cc21. The van der Waals surface area contributed by atoms with E-state index in [1.807, 2.05) is 6.92 Å². The molecule has 0 aromatic carbocycles. The van der Waals surface area contributed by atoms with Gasteiger partial charge < -0.3 is 13.5 Å². The number of halogens is 4. The normalized spacial score (nSPS) is 14.1. The molecule has 0 aliphatic heterocycles. The van der Waals surface area contributed by atoms with Gasteiger partial charge in [-0.3, -0.25) is 0 Å². The minimum absolute atomic E-state index is 0.0882. The van der Waals surface area contributed by atoms with E-state index in [0.717, 1.165) is 0 Å². The van der Waals surface area contributed by atoms with E-state index in [9.17, 15) is 21.6 Å². The second-order valence-electron chi connectivity index (χ2n) is 5.15. The topological polar surface area (TPSA) is 70.4 Å². The minimum atomic E-state index is -5.85. The number of ether oxygens (including phenoxy) is 1. The maximum absolute atomic E-state index is 12.4. The monoisotopic (exact) mass is 386 g/mol. The highest BCUT2D eigenvalue weighted by molar-refractivity contribution is 7.88. The van der Waals surface area contributed by atoms with Crippen LogP contribution in [0.2, 0.25) is 5.02 Å². The molecule has 2 rings (SSSR count). The average Bonchev–Trinajstić information content (AvgIpc) is 2.75. The fourth-order valence-electron chi connectivity index (χ4n) is 2.18. The molecule has 0 bridgehead atoms. The lowest BCUT2D eigenvalue weighted by atomic mass is 10.3. The van der Waals surface area contributed by atoms with E-state index in [1.54, 1.807) is 17.7 Å². The zero-order valence-corrected chi connectivity index (χ0v) is 14.5. The van der Waals surface area contributed by atoms with Crippen LogP contribution < -0.4 is 4.18 Å². The number of alkyl halides is 3. The molecule has 24 heavy (non-hydrogen) atoms. The Labute approximate surface area is 141 Å². The summed E-state index contributed by atoms with van der Waals surface area (Å²) in [5.41, 5.74) is -4.13. The average molecular weight is 387 g/mol. The van der Waals surface area contributed by atoms with Crippen molar-refractivity contribution < 1.29 is 30.5 Å². The Bertz CT molecular complexity index is 864. The van der Waals surface area contributed by atoms with Crippen LogP contribution in [0.3, 0.4) is 0 Å². The summed E-state index contributed by atoms with van der Waals surface area (Å²) in [6, 6.07) is 1.22. The highest BCUT2D eigenvalue weighted by atomic mass is 35.5. The lowest BCUT2D eigenvalue weighted by Crippen LogP contribution is -2.28. The lowest BCUT2D eigenvalue weighted by molar-refractivity contribution is -0.0501. The summed E-state index contributed by atoms with van der Waals surface area (Å²) in [6.07, 6.45) is 1.72. The first-order chi connectivity index (χ1) is 11.0. The summed E-state index contributed by atoms with van der Waals surface area (Å²) in [5.74, 6) is -0.818. The van der Waals surface area contributed by atoms with Crippen molar-refractivity contribution in [2.45, 2.75) is 25.4 Å². The van der Waals surface area contributed by atoms with Crippen LogP contribution in [0.4, 0.5) is 13.2 Å². The van der Waals surface area contributed by atoms with Gasteiger partial charge in [0.25, 0.3) is 5.88 Å². The summed E-state index contributed by atoms with van der Waals surface area (Å²) in [5, 5.41) is -0.348. The van der Waals surface area contributed by atoms with Crippen LogP contribution in [0.25, 0.3) is 11.0 Å². The Morgan fingerprint density at radius 1 is 1.42 bits per heavy atom. The highest BCUT2D eigenvalue weighted by Crippen LogP contribution is 2.34. The summed E-state index contributed by atoms with van der Waals surface area (Å²) in [7, 11) is -4.31. The molecule has 2 aromatic rings. The molecule has 2 aromatic heterocycles. The standard InChI is InChI=1S/C13H14ClF3N2O4S/c1-7-5-19(8(2)6-22-3)10-4-9(14)12(18-11(7)10)23-24(20,21)13(15,16)17/h4-5,8H,6H2,1-3H3. The lowest BCUT2D eigenvalue weighted by Gasteiger charge is -2.14. The molecule has 0 aliphatic carbocycles. The van der Waals surface area contributed by atoms with E-state index in [-0.39, 0.29) is 16.6 Å². The largest absolute Gasteiger partial charge is 0.534 e. The number of hydrogen-bond donors (Lipinski definition) is 0. The van der Waals surface area contributed by atoms with Crippen molar-refractivity contribution in [1.82, 2.24) is 9.55 Å². The van der Waals surface area contributed by atoms with Crippen LogP contribution in [-0.4, -0.2) is 37.2 Å². The first-order valence-electron chi connectivity index (χ1n) is 6.65. The van der Waals surface area contributed by atoms with Gasteiger partial charge in [-0.2, -0.15) is 21.6 Å². The number of hydrogen-bond acceptors (Lipinski definition) is 5. The van der Waals surface area contributed by atoms with Crippen LogP contribution in [0.15, 0.2) is 12.3 Å². The van der Waals surface area contributed by atoms with Crippen molar-refractivity contribution >= 4 is 32.8 Å². The zero-order valence-electron chi connectivity index (χ0n) is 12.9. The van der Waals surface area contributed by atoms with Crippen molar-refractivity contribution in [3.8, 4) is 5.88 Å². The first-order valence-corrected chi connectivity index (χ1v) is 8.44. The van der Waals surface area contributed by atoms with Gasteiger partial charge in [-0.15, -0.1) is 0 Å². The number of pyridine rings is 1. The Balaban J connectivity index is 2.54. The molecule has 0 amide bonds. The molecule has 1 unspecified atom stereocenters. The Hall–Kier alpha value is -1.52. The summed E-state index contributed by atoms with van der Waals surface area (Å²) >= 11 is 5.86. The summed E-state index contributed by atoms with van der Waals surface area (Å²) in [6.45, 7) is 3.94. The van der Waals surface area contributed by atoms with E-state index in [0.29, 0.717) is 17.7 Å². The molecule has 134 valence electrons. The van der Waals surface area contributed by atoms with E-state index in [2.05, 4.69) is 9.17 Å². The highest BCUT2D eigenvalue weighted by Gasteiger charge is 2.49. The molecule has 0 saturated heterocycles. The number of aromatic nitrogens is 2. The van der Waals surface area contributed by atoms with Crippen molar-refractivity contribution in [3.05, 3.63) is 22.8 Å². The number of aryl methyl sites for hydroxylation is 1. The predicted molar refractivity (Wildman–Crippen MR) is 81.7 cm³/mol. The maximum atomic E-state index is 12.4. The molecule has 1 atom stereocenters. The Morgan fingerprint density at radius 2 is 2.04 bits per heavy atom. The van der Waals surface area contributed by atoms with Gasteiger partial charge in [0.2, 0.25) is 0 Å². The summed E-state index contributed by atoms with van der Waals surface area (Å²) < 4.78 is 70.5. The predicted octanol–water partition coefficient (Wildman–Crippen LogP) is 3.43. The Kier molecular flexibility index (Phi) is 5.03. The van der Waals surface area contributed by atoms with E-state index in [4.69, 9.17) is 16.3 Å². The first kappa shape index (κ1) is 18.8. The fraction of sp³-hybridized carbons (Fsp3) is 0.462. The van der Waals surface area contributed by atoms with Crippen molar-refractivity contribution in [2.75, 3.05) is 13.7 Å². The van der Waals surface area contributed by atoms with Gasteiger partial charge in [0.15, 0.2) is 0 Å². The third kappa shape index (κ3) is 3.45. The van der Waals surface area contributed by atoms with Crippen molar-refractivity contribution in [2.24, 2.45) is 0 Å². The fourth-order valence-corrected chi connectivity index (χ4v) is 2.84. The summed E-state index contributed by atoms with van der Waals surface area (Å²) in [4.78, 5) is 3.84. The molecular weight excluding hydrogens is 373 g/mol. The smallest absolute Gasteiger partial charge is 0.383 e. The van der Waals surface area contributed by atoms with Gasteiger partial charge >= 0.3 is 15.6 Å². The van der Waals surface area contributed by atoms with Crippen molar-refractivity contribution in [3.63, 3.8) is 0 Å². The van der Waals surface area contributed by atoms with E-state index < -0.39 is 21.5 Å². The molecule has 0 fully saturated rings. The number of methoxy groups -OCH3 is 1. The molecule has 0 spiro atoms. The third-order valence-electron chi connectivity index (χ3n) is 3.26. The third-order valence-corrected chi connectivity index (χ3v) is 4.48. The molecule has 11 heteroatoms. The van der Waals surface area contributed by atoms with Gasteiger partial charge in [0.1, 0.15) is 5.02 Å². The van der Waals surface area contributed by atoms with Crippen LogP contribution in [0.1, 0.15) is 18.5 Å². The molecule has 2 heterocycles. The molecule has 0 aliphatic rings. The van der Waals surface area contributed by atoms with Crippen LogP contribution in [0, 0.1) is 6.92 Å². The minimum Gasteiger partial charge on any atom is -0.383 e. The quantitative estimate of drug-likeness (QED) is 0.581. The molecule has 0 N–H and O–H groups in total. The van der Waals surface area contributed by atoms with E-state index in [1.165, 1.54) is 13.2 Å². The van der Waals surface area contributed by atoms with Gasteiger partial charge in [-0.1, -0.05) is 11.6 Å². The van der Waals surface area contributed by atoms with Crippen LogP contribution in [0.5, 0.6) is 5.88 Å². The van der Waals surface area contributed by atoms with Crippen LogP contribution >= 0.6 is 11.6 Å². The molecule has 0 saturated carbocycles. The van der Waals surface area contributed by atoms with E-state index >= 15 is 0 Å². The van der Waals surface area contributed by atoms with Gasteiger partial charge in [0.05, 0.1) is 23.7 Å². The zero-order chi connectivity index (χ0) is 18.3. The molecule has 0 radical (unpaired) electrons. The maximum Gasteiger partial charge on any atom is 0.534 e. The van der Waals surface area contributed by atoms with Gasteiger partial charge in [-0.05, 0) is 25.5 Å². The van der Waals surface area contributed by atoms with Crippen LogP contribution in [-0.2, 0) is 14.9 Å². The number of rotatable bonds is 5. The van der Waals surface area contributed by atoms with Gasteiger partial charge in [-0.25, -0.2) is 4.98 Å². The molecular formula is C13H14ClF3N2O4S. The van der Waals surface area contributed by atoms with Gasteiger partial charge in [0, 0.05) is 13.3 Å². The number of nitrogens with zero attached hydrogens (tertiary/aromatic N) is 2. The second-order valence-corrected chi connectivity index (χ2v) is 7.10. The second kappa shape index (κ2) is 6.41. The van der Waals surface area contributed by atoms with Crippen molar-refractivity contribution in [1.29, 1.82) is 0 Å². The molecule has 6 nitrogen and oxygen atoms in total. The Morgan fingerprint density at radius 3 is 2.58 bits per heavy atom.